The molecule has 0 spiro atoms. The molecule has 0 aliphatic carbocycles. The molecule has 17 heavy (non-hydrogen) atoms. The van der Waals surface area contributed by atoms with Gasteiger partial charge in [-0.15, -0.1) is 0 Å². The third-order valence-corrected chi connectivity index (χ3v) is 2.86. The van der Waals surface area contributed by atoms with Crippen LogP contribution in [0.15, 0.2) is 22.7 Å². The summed E-state index contributed by atoms with van der Waals surface area (Å²) in [5.74, 6) is -0.464. The second kappa shape index (κ2) is 5.19. The van der Waals surface area contributed by atoms with Gasteiger partial charge in [0.15, 0.2) is 0 Å². The highest BCUT2D eigenvalue weighted by Crippen LogP contribution is 2.29. The Morgan fingerprint density at radius 1 is 0.882 bits per heavy atom. The molecule has 0 aliphatic heterocycles. The maximum Gasteiger partial charge on any atom is 0.401 e. The zero-order chi connectivity index (χ0) is 13.3. The number of hydrogen-bond acceptors (Lipinski definition) is 6. The Morgan fingerprint density at radius 2 is 1.24 bits per heavy atom. The van der Waals surface area contributed by atoms with Crippen LogP contribution < -0.4 is 8.37 Å². The molecule has 0 aliphatic rings. The fourth-order valence-electron chi connectivity index (χ4n) is 0.863. The van der Waals surface area contributed by atoms with Crippen molar-refractivity contribution in [3.05, 3.63) is 22.7 Å². The van der Waals surface area contributed by atoms with Gasteiger partial charge in [0, 0.05) is 10.5 Å². The summed E-state index contributed by atoms with van der Waals surface area (Å²) in [4.78, 5) is 0. The van der Waals surface area contributed by atoms with Crippen molar-refractivity contribution in [2.24, 2.45) is 0 Å². The van der Waals surface area contributed by atoms with Gasteiger partial charge in [-0.2, -0.15) is 16.8 Å². The van der Waals surface area contributed by atoms with Gasteiger partial charge in [0.2, 0.25) is 0 Å². The van der Waals surface area contributed by atoms with Crippen LogP contribution in [0, 0.1) is 0 Å². The fraction of sp³-hybridized carbons (Fsp3) is 0. The van der Waals surface area contributed by atoms with E-state index in [0.29, 0.717) is 4.47 Å². The standard InChI is InChI=1S/C6H3BrCl2O6S2/c7-4-1-5(14-16(8,10)11)3-6(2-4)15-17(9,12)13/h1-3H. The van der Waals surface area contributed by atoms with Gasteiger partial charge in [0.05, 0.1) is 21.4 Å². The molecular weight excluding hydrogens is 383 g/mol. The van der Waals surface area contributed by atoms with Crippen molar-refractivity contribution in [2.45, 2.75) is 0 Å². The lowest BCUT2D eigenvalue weighted by Crippen LogP contribution is -2.02. The average Bonchev–Trinajstić information content (AvgIpc) is 1.93. The first-order valence-electron chi connectivity index (χ1n) is 3.64. The molecule has 0 fully saturated rings. The zero-order valence-electron chi connectivity index (χ0n) is 7.63. The summed E-state index contributed by atoms with van der Waals surface area (Å²) in [5.41, 5.74) is 0. The summed E-state index contributed by atoms with van der Waals surface area (Å²) in [6, 6.07) is 3.48. The summed E-state index contributed by atoms with van der Waals surface area (Å²) in [6.45, 7) is 0. The quantitative estimate of drug-likeness (QED) is 0.738. The first kappa shape index (κ1) is 14.8. The van der Waals surface area contributed by atoms with E-state index < -0.39 is 18.7 Å². The smallest absolute Gasteiger partial charge is 0.371 e. The van der Waals surface area contributed by atoms with Crippen molar-refractivity contribution in [3.8, 4) is 11.5 Å². The second-order valence-corrected chi connectivity index (χ2v) is 7.66. The van der Waals surface area contributed by atoms with E-state index in [1.165, 1.54) is 12.1 Å². The van der Waals surface area contributed by atoms with Gasteiger partial charge in [-0.3, -0.25) is 0 Å². The Bertz CT molecular complexity index is 574. The highest BCUT2D eigenvalue weighted by molar-refractivity contribution is 9.10. The maximum absolute atomic E-state index is 10.7. The Balaban J connectivity index is 3.11. The molecule has 6 nitrogen and oxygen atoms in total. The Kier molecular flexibility index (Phi) is 4.53. The molecule has 96 valence electrons. The molecule has 0 atom stereocenters. The van der Waals surface area contributed by atoms with E-state index in [2.05, 4.69) is 24.3 Å². The van der Waals surface area contributed by atoms with E-state index in [0.717, 1.165) is 6.07 Å². The molecule has 1 rings (SSSR count). The zero-order valence-corrected chi connectivity index (χ0v) is 12.4. The van der Waals surface area contributed by atoms with Gasteiger partial charge >= 0.3 is 18.7 Å². The molecule has 0 unspecified atom stereocenters. The normalized spacial score (nSPS) is 12.2. The molecule has 0 radical (unpaired) electrons. The van der Waals surface area contributed by atoms with Crippen molar-refractivity contribution in [2.75, 3.05) is 0 Å². The molecule has 11 heteroatoms. The van der Waals surface area contributed by atoms with Crippen molar-refractivity contribution in [3.63, 3.8) is 0 Å². The van der Waals surface area contributed by atoms with Crippen LogP contribution in [0.4, 0.5) is 0 Å². The minimum Gasteiger partial charge on any atom is -0.371 e. The maximum atomic E-state index is 10.7. The summed E-state index contributed by atoms with van der Waals surface area (Å²) in [6.07, 6.45) is 0. The van der Waals surface area contributed by atoms with Crippen LogP contribution in [-0.2, 0) is 18.7 Å². The Morgan fingerprint density at radius 3 is 1.53 bits per heavy atom. The van der Waals surface area contributed by atoms with Crippen LogP contribution in [-0.4, -0.2) is 16.8 Å². The summed E-state index contributed by atoms with van der Waals surface area (Å²) in [5, 5.41) is 0. The summed E-state index contributed by atoms with van der Waals surface area (Å²) >= 11 is 2.99. The number of hydrogen-bond donors (Lipinski definition) is 0. The van der Waals surface area contributed by atoms with Gasteiger partial charge < -0.3 is 8.37 Å². The monoisotopic (exact) mass is 384 g/mol. The van der Waals surface area contributed by atoms with Gasteiger partial charge in [-0.25, -0.2) is 0 Å². The van der Waals surface area contributed by atoms with Crippen LogP contribution in [0.25, 0.3) is 0 Å². The molecule has 0 aromatic heterocycles. The predicted octanol–water partition coefficient (Wildman–Crippen LogP) is 2.17. The predicted molar refractivity (Wildman–Crippen MR) is 64.9 cm³/mol. The largest absolute Gasteiger partial charge is 0.401 e. The van der Waals surface area contributed by atoms with Crippen molar-refractivity contribution in [1.82, 2.24) is 0 Å². The summed E-state index contributed by atoms with van der Waals surface area (Å²) in [7, 11) is 1.23. The number of rotatable bonds is 4. The van der Waals surface area contributed by atoms with Crippen molar-refractivity contribution < 1.29 is 25.2 Å². The SMILES string of the molecule is O=S(=O)(Cl)Oc1cc(Br)cc(OS(=O)(=O)Cl)c1. The molecule has 0 heterocycles. The Labute approximate surface area is 115 Å². The van der Waals surface area contributed by atoms with E-state index >= 15 is 0 Å². The van der Waals surface area contributed by atoms with E-state index in [-0.39, 0.29) is 11.5 Å². The first-order chi connectivity index (χ1) is 7.55. The minimum atomic E-state index is -4.24. The van der Waals surface area contributed by atoms with E-state index in [1.54, 1.807) is 0 Å². The third-order valence-electron chi connectivity index (χ3n) is 1.24. The molecule has 1 aromatic carbocycles. The molecule has 0 saturated carbocycles. The van der Waals surface area contributed by atoms with Crippen LogP contribution in [0.5, 0.6) is 11.5 Å². The highest BCUT2D eigenvalue weighted by Gasteiger charge is 2.13. The average molecular weight is 386 g/mol. The molecule has 1 aromatic rings. The first-order valence-corrected chi connectivity index (χ1v) is 8.90. The van der Waals surface area contributed by atoms with Crippen molar-refractivity contribution in [1.29, 1.82) is 0 Å². The third kappa shape index (κ3) is 6.32. The topological polar surface area (TPSA) is 86.7 Å². The van der Waals surface area contributed by atoms with E-state index in [9.17, 15) is 16.8 Å². The van der Waals surface area contributed by atoms with Crippen LogP contribution in [0.3, 0.4) is 0 Å². The minimum absolute atomic E-state index is 0.232. The van der Waals surface area contributed by atoms with E-state index in [4.69, 9.17) is 21.4 Å². The fourth-order valence-corrected chi connectivity index (χ4v) is 2.40. The molecule has 0 bridgehead atoms. The summed E-state index contributed by atoms with van der Waals surface area (Å²) < 4.78 is 51.6. The van der Waals surface area contributed by atoms with Crippen LogP contribution in [0.1, 0.15) is 0 Å². The number of halogens is 3. The van der Waals surface area contributed by atoms with Gasteiger partial charge in [-0.1, -0.05) is 15.9 Å². The highest BCUT2D eigenvalue weighted by atomic mass is 79.9. The van der Waals surface area contributed by atoms with Gasteiger partial charge in [0.1, 0.15) is 11.5 Å². The second-order valence-electron chi connectivity index (χ2n) is 2.58. The lowest BCUT2D eigenvalue weighted by molar-refractivity contribution is 0.493. The van der Waals surface area contributed by atoms with Gasteiger partial charge in [-0.05, 0) is 12.1 Å². The molecule has 0 amide bonds. The molecular formula is C6H3BrCl2O6S2. The lowest BCUT2D eigenvalue weighted by Gasteiger charge is -2.05. The number of benzene rings is 1. The van der Waals surface area contributed by atoms with Crippen LogP contribution in [0.2, 0.25) is 0 Å². The molecule has 0 saturated heterocycles. The lowest BCUT2D eigenvalue weighted by atomic mass is 10.3. The van der Waals surface area contributed by atoms with E-state index in [1.807, 2.05) is 0 Å². The van der Waals surface area contributed by atoms with Gasteiger partial charge in [0.25, 0.3) is 0 Å². The molecule has 0 N–H and O–H groups in total. The Hall–Kier alpha value is -0.220. The van der Waals surface area contributed by atoms with Crippen molar-refractivity contribution >= 4 is 56.0 Å². The van der Waals surface area contributed by atoms with Crippen LogP contribution >= 0.6 is 37.3 Å².